The fourth-order valence-corrected chi connectivity index (χ4v) is 4.67. The van der Waals surface area contributed by atoms with Crippen LogP contribution in [0.4, 0.5) is 0 Å². The molecule has 1 saturated carbocycles. The van der Waals surface area contributed by atoms with Gasteiger partial charge in [-0.25, -0.2) is 4.98 Å². The Morgan fingerprint density at radius 2 is 2.20 bits per heavy atom. The van der Waals surface area contributed by atoms with Gasteiger partial charge in [0, 0.05) is 23.2 Å². The number of rotatable bonds is 4. The van der Waals surface area contributed by atoms with Crippen molar-refractivity contribution in [2.24, 2.45) is 5.92 Å². The maximum Gasteiger partial charge on any atom is 0.109 e. The van der Waals surface area contributed by atoms with Crippen molar-refractivity contribution in [1.29, 1.82) is 0 Å². The Bertz CT molecular complexity index is 425. The first-order chi connectivity index (χ1) is 9.74. The minimum absolute atomic E-state index is 0.392. The summed E-state index contributed by atoms with van der Waals surface area (Å²) in [7, 11) is 0. The monoisotopic (exact) mass is 293 g/mol. The molecule has 0 spiro atoms. The topological polar surface area (TPSA) is 37.0 Å². The number of piperidine rings is 1. The van der Waals surface area contributed by atoms with E-state index in [1.54, 1.807) is 0 Å². The van der Waals surface area contributed by atoms with Crippen molar-refractivity contribution in [1.82, 2.24) is 15.6 Å². The summed E-state index contributed by atoms with van der Waals surface area (Å²) in [6.07, 6.45) is 10.2. The van der Waals surface area contributed by atoms with Crippen LogP contribution in [0.3, 0.4) is 0 Å². The highest BCUT2D eigenvalue weighted by molar-refractivity contribution is 7.11. The van der Waals surface area contributed by atoms with Gasteiger partial charge >= 0.3 is 0 Å². The van der Waals surface area contributed by atoms with E-state index in [9.17, 15) is 0 Å². The molecule has 112 valence electrons. The number of nitrogens with zero attached hydrogens (tertiary/aromatic N) is 1. The predicted octanol–water partition coefficient (Wildman–Crippen LogP) is 3.41. The first kappa shape index (κ1) is 14.5. The second kappa shape index (κ2) is 6.54. The van der Waals surface area contributed by atoms with E-state index in [-0.39, 0.29) is 0 Å². The predicted molar refractivity (Wildman–Crippen MR) is 85.2 cm³/mol. The molecule has 4 atom stereocenters. The van der Waals surface area contributed by atoms with Crippen molar-refractivity contribution in [3.8, 4) is 0 Å². The molecule has 0 aromatic carbocycles. The van der Waals surface area contributed by atoms with Crippen LogP contribution in [0.25, 0.3) is 0 Å². The summed E-state index contributed by atoms with van der Waals surface area (Å²) in [5, 5.41) is 8.86. The largest absolute Gasteiger partial charge is 0.314 e. The van der Waals surface area contributed by atoms with Crippen LogP contribution < -0.4 is 10.6 Å². The van der Waals surface area contributed by atoms with Gasteiger partial charge in [0.1, 0.15) is 5.01 Å². The van der Waals surface area contributed by atoms with Crippen LogP contribution in [0.15, 0.2) is 6.20 Å². The average molecular weight is 293 g/mol. The molecule has 4 unspecified atom stereocenters. The summed E-state index contributed by atoms with van der Waals surface area (Å²) >= 11 is 1.83. The normalized spacial score (nSPS) is 32.4. The SMILES string of the molecule is Cc1cnc(C(C)NC2CCCC2C2CCCCN2)s1. The molecule has 3 rings (SSSR count). The molecular weight excluding hydrogens is 266 g/mol. The van der Waals surface area contributed by atoms with Gasteiger partial charge in [0.25, 0.3) is 0 Å². The van der Waals surface area contributed by atoms with E-state index in [4.69, 9.17) is 0 Å². The molecule has 1 aliphatic carbocycles. The Labute approximate surface area is 126 Å². The van der Waals surface area contributed by atoms with Gasteiger partial charge in [-0.2, -0.15) is 0 Å². The van der Waals surface area contributed by atoms with Crippen molar-refractivity contribution in [2.45, 2.75) is 70.5 Å². The van der Waals surface area contributed by atoms with Crippen molar-refractivity contribution in [3.05, 3.63) is 16.1 Å². The Morgan fingerprint density at radius 3 is 2.90 bits per heavy atom. The summed E-state index contributed by atoms with van der Waals surface area (Å²) in [5.41, 5.74) is 0. The average Bonchev–Trinajstić information content (AvgIpc) is 3.09. The standard InChI is InChI=1S/C16H27N3S/c1-11-10-18-16(20-11)12(2)19-15-8-5-6-13(15)14-7-3-4-9-17-14/h10,12-15,17,19H,3-9H2,1-2H3. The molecular formula is C16H27N3S. The lowest BCUT2D eigenvalue weighted by atomic mass is 9.88. The molecule has 1 aliphatic heterocycles. The molecule has 1 saturated heterocycles. The molecule has 1 aromatic heterocycles. The van der Waals surface area contributed by atoms with Crippen LogP contribution in [-0.2, 0) is 0 Å². The third kappa shape index (κ3) is 3.23. The Morgan fingerprint density at radius 1 is 1.30 bits per heavy atom. The van der Waals surface area contributed by atoms with Gasteiger partial charge in [-0.15, -0.1) is 11.3 Å². The Hall–Kier alpha value is -0.450. The van der Waals surface area contributed by atoms with Crippen LogP contribution in [0.5, 0.6) is 0 Å². The molecule has 0 bridgehead atoms. The van der Waals surface area contributed by atoms with Crippen LogP contribution in [0.1, 0.15) is 61.4 Å². The van der Waals surface area contributed by atoms with Gasteiger partial charge in [-0.3, -0.25) is 0 Å². The molecule has 3 nitrogen and oxygen atoms in total. The van der Waals surface area contributed by atoms with Crippen molar-refractivity contribution in [2.75, 3.05) is 6.54 Å². The van der Waals surface area contributed by atoms with Gasteiger partial charge in [0.2, 0.25) is 0 Å². The fraction of sp³-hybridized carbons (Fsp3) is 0.812. The first-order valence-electron chi connectivity index (χ1n) is 8.16. The molecule has 2 heterocycles. The number of thiazole rings is 1. The highest BCUT2D eigenvalue weighted by Crippen LogP contribution is 2.33. The summed E-state index contributed by atoms with van der Waals surface area (Å²) in [6.45, 7) is 5.62. The zero-order valence-corrected chi connectivity index (χ0v) is 13.5. The summed E-state index contributed by atoms with van der Waals surface area (Å²) < 4.78 is 0. The minimum Gasteiger partial charge on any atom is -0.314 e. The number of aromatic nitrogens is 1. The van der Waals surface area contributed by atoms with Crippen molar-refractivity contribution < 1.29 is 0 Å². The van der Waals surface area contributed by atoms with Crippen LogP contribution in [0, 0.1) is 12.8 Å². The van der Waals surface area contributed by atoms with Gasteiger partial charge in [-0.05, 0) is 52.0 Å². The first-order valence-corrected chi connectivity index (χ1v) is 8.97. The summed E-state index contributed by atoms with van der Waals surface area (Å²) in [5.74, 6) is 0.818. The molecule has 20 heavy (non-hydrogen) atoms. The maximum absolute atomic E-state index is 4.54. The molecule has 2 aliphatic rings. The zero-order chi connectivity index (χ0) is 13.9. The van der Waals surface area contributed by atoms with Crippen LogP contribution in [0.2, 0.25) is 0 Å². The third-order valence-electron chi connectivity index (χ3n) is 4.91. The van der Waals surface area contributed by atoms with E-state index >= 15 is 0 Å². The molecule has 0 radical (unpaired) electrons. The molecule has 2 fully saturated rings. The summed E-state index contributed by atoms with van der Waals surface area (Å²) in [4.78, 5) is 5.85. The van der Waals surface area contributed by atoms with Gasteiger partial charge < -0.3 is 10.6 Å². The maximum atomic E-state index is 4.54. The lowest BCUT2D eigenvalue weighted by molar-refractivity contribution is 0.248. The highest BCUT2D eigenvalue weighted by atomic mass is 32.1. The van der Waals surface area contributed by atoms with Crippen molar-refractivity contribution >= 4 is 11.3 Å². The lowest BCUT2D eigenvalue weighted by Gasteiger charge is -2.34. The quantitative estimate of drug-likeness (QED) is 0.893. The fourth-order valence-electron chi connectivity index (χ4n) is 3.89. The van der Waals surface area contributed by atoms with E-state index in [1.807, 2.05) is 17.5 Å². The van der Waals surface area contributed by atoms with Crippen molar-refractivity contribution in [3.63, 3.8) is 0 Å². The van der Waals surface area contributed by atoms with E-state index in [0.717, 1.165) is 12.0 Å². The number of hydrogen-bond donors (Lipinski definition) is 2. The number of hydrogen-bond acceptors (Lipinski definition) is 4. The third-order valence-corrected chi connectivity index (χ3v) is 6.00. The number of aryl methyl sites for hydroxylation is 1. The molecule has 4 heteroatoms. The van der Waals surface area contributed by atoms with E-state index in [0.29, 0.717) is 12.1 Å². The highest BCUT2D eigenvalue weighted by Gasteiger charge is 2.35. The van der Waals surface area contributed by atoms with Gasteiger partial charge in [0.05, 0.1) is 6.04 Å². The second-order valence-electron chi connectivity index (χ2n) is 6.46. The van der Waals surface area contributed by atoms with E-state index in [1.165, 1.54) is 55.0 Å². The summed E-state index contributed by atoms with van der Waals surface area (Å²) in [6, 6.07) is 1.81. The molecule has 0 amide bonds. The molecule has 2 N–H and O–H groups in total. The minimum atomic E-state index is 0.392. The zero-order valence-electron chi connectivity index (χ0n) is 12.7. The molecule has 1 aromatic rings. The Kier molecular flexibility index (Phi) is 4.74. The van der Waals surface area contributed by atoms with Crippen LogP contribution >= 0.6 is 11.3 Å². The number of nitrogens with one attached hydrogen (secondary N) is 2. The van der Waals surface area contributed by atoms with Gasteiger partial charge in [0.15, 0.2) is 0 Å². The van der Waals surface area contributed by atoms with E-state index in [2.05, 4.69) is 29.5 Å². The second-order valence-corrected chi connectivity index (χ2v) is 7.72. The smallest absolute Gasteiger partial charge is 0.109 e. The Balaban J connectivity index is 1.60. The lowest BCUT2D eigenvalue weighted by Crippen LogP contribution is -2.47. The van der Waals surface area contributed by atoms with Crippen LogP contribution in [-0.4, -0.2) is 23.6 Å². The van der Waals surface area contributed by atoms with E-state index < -0.39 is 0 Å². The van der Waals surface area contributed by atoms with Gasteiger partial charge in [-0.1, -0.05) is 12.8 Å².